The van der Waals surface area contributed by atoms with Crippen molar-refractivity contribution in [3.8, 4) is 0 Å². The van der Waals surface area contributed by atoms with Crippen molar-refractivity contribution in [1.82, 2.24) is 5.32 Å². The van der Waals surface area contributed by atoms with E-state index in [-0.39, 0.29) is 30.3 Å². The lowest BCUT2D eigenvalue weighted by Crippen LogP contribution is -2.44. The fourth-order valence-electron chi connectivity index (χ4n) is 2.55. The zero-order chi connectivity index (χ0) is 15.6. The highest BCUT2D eigenvalue weighted by Gasteiger charge is 2.46. The van der Waals surface area contributed by atoms with E-state index in [1.165, 1.54) is 12.3 Å². The third-order valence-corrected chi connectivity index (χ3v) is 3.83. The molecule has 2 rings (SSSR count). The Balaban J connectivity index is 2.15. The molecular weight excluding hydrogens is 309 g/mol. The summed E-state index contributed by atoms with van der Waals surface area (Å²) in [4.78, 5) is 15.4. The van der Waals surface area contributed by atoms with Crippen LogP contribution < -0.4 is 5.32 Å². The van der Waals surface area contributed by atoms with Gasteiger partial charge in [-0.3, -0.25) is 4.79 Å². The maximum atomic E-state index is 12.5. The molecule has 0 aromatic rings. The smallest absolute Gasteiger partial charge is 0.392 e. The van der Waals surface area contributed by atoms with Crippen molar-refractivity contribution in [1.29, 1.82) is 0 Å². The van der Waals surface area contributed by atoms with Crippen LogP contribution in [0.4, 0.5) is 13.2 Å². The van der Waals surface area contributed by atoms with E-state index >= 15 is 0 Å². The van der Waals surface area contributed by atoms with Gasteiger partial charge in [0, 0.05) is 18.0 Å². The molecule has 0 radical (unpaired) electrons. The summed E-state index contributed by atoms with van der Waals surface area (Å²) in [5, 5.41) is 13.0. The number of nitrogens with one attached hydrogen (secondary N) is 1. The molecule has 1 aliphatic carbocycles. The van der Waals surface area contributed by atoms with Crippen LogP contribution >= 0.6 is 11.6 Å². The van der Waals surface area contributed by atoms with Crippen LogP contribution in [0.1, 0.15) is 19.3 Å². The molecule has 21 heavy (non-hydrogen) atoms. The van der Waals surface area contributed by atoms with Crippen molar-refractivity contribution in [3.63, 3.8) is 0 Å². The minimum absolute atomic E-state index is 0.0166. The zero-order valence-electron chi connectivity index (χ0n) is 10.9. The molecule has 1 saturated carbocycles. The van der Waals surface area contributed by atoms with Gasteiger partial charge in [0.15, 0.2) is 0 Å². The number of Topliss-reactive ketones (excluding diaryl/α,β-unsaturated/α-hetero) is 1. The SMILES string of the molecule is O=C(C1CCC(O)C(C2=NC=CC=C(Cl)N2)C1)C(F)(F)F. The fourth-order valence-corrected chi connectivity index (χ4v) is 2.72. The number of hydrogen-bond donors (Lipinski definition) is 2. The number of allylic oxidation sites excluding steroid dienone is 2. The van der Waals surface area contributed by atoms with E-state index in [2.05, 4.69) is 10.3 Å². The standard InChI is InChI=1S/C13H14ClF3N2O2/c14-10-2-1-5-18-12(19-10)8-6-7(3-4-9(8)20)11(21)13(15,16)17/h1-2,5,7-9,20H,3-4,6H2,(H,18,19). The number of hydrogen-bond acceptors (Lipinski definition) is 4. The number of amidine groups is 1. The quantitative estimate of drug-likeness (QED) is 0.768. The number of carbonyl (C=O) groups excluding carboxylic acids is 1. The molecule has 3 atom stereocenters. The Morgan fingerprint density at radius 1 is 1.43 bits per heavy atom. The Bertz CT molecular complexity index is 514. The van der Waals surface area contributed by atoms with Crippen molar-refractivity contribution in [2.24, 2.45) is 16.8 Å². The Hall–Kier alpha value is -1.34. The van der Waals surface area contributed by atoms with E-state index in [1.807, 2.05) is 0 Å². The molecule has 1 fully saturated rings. The lowest BCUT2D eigenvalue weighted by molar-refractivity contribution is -0.177. The summed E-state index contributed by atoms with van der Waals surface area (Å²) in [6.45, 7) is 0. The average molecular weight is 323 g/mol. The van der Waals surface area contributed by atoms with E-state index in [1.54, 1.807) is 6.08 Å². The lowest BCUT2D eigenvalue weighted by Gasteiger charge is -2.33. The van der Waals surface area contributed by atoms with Crippen LogP contribution in [-0.4, -0.2) is 29.0 Å². The van der Waals surface area contributed by atoms with Gasteiger partial charge < -0.3 is 10.4 Å². The predicted molar refractivity (Wildman–Crippen MR) is 71.5 cm³/mol. The number of ketones is 1. The van der Waals surface area contributed by atoms with Crippen molar-refractivity contribution in [3.05, 3.63) is 23.5 Å². The van der Waals surface area contributed by atoms with Gasteiger partial charge in [-0.1, -0.05) is 11.6 Å². The lowest BCUT2D eigenvalue weighted by atomic mass is 9.76. The van der Waals surface area contributed by atoms with Crippen molar-refractivity contribution in [2.45, 2.75) is 31.5 Å². The van der Waals surface area contributed by atoms with Crippen LogP contribution in [0.15, 0.2) is 28.5 Å². The molecular formula is C13H14ClF3N2O2. The first-order valence-electron chi connectivity index (χ1n) is 6.45. The monoisotopic (exact) mass is 322 g/mol. The Morgan fingerprint density at radius 2 is 2.14 bits per heavy atom. The molecule has 116 valence electrons. The number of aliphatic hydroxyl groups excluding tert-OH is 1. The molecule has 2 aliphatic rings. The number of aliphatic imine (C=N–C) groups is 1. The van der Waals surface area contributed by atoms with E-state index in [0.717, 1.165) is 0 Å². The van der Waals surface area contributed by atoms with Gasteiger partial charge in [-0.25, -0.2) is 4.99 Å². The first-order valence-corrected chi connectivity index (χ1v) is 6.83. The normalized spacial score (nSPS) is 30.0. The van der Waals surface area contributed by atoms with Crippen molar-refractivity contribution in [2.75, 3.05) is 0 Å². The summed E-state index contributed by atoms with van der Waals surface area (Å²) < 4.78 is 37.6. The predicted octanol–water partition coefficient (Wildman–Crippen LogP) is 2.49. The van der Waals surface area contributed by atoms with Gasteiger partial charge in [0.2, 0.25) is 5.78 Å². The Morgan fingerprint density at radius 3 is 2.81 bits per heavy atom. The molecule has 3 unspecified atom stereocenters. The van der Waals surface area contributed by atoms with Crippen molar-refractivity contribution < 1.29 is 23.1 Å². The maximum Gasteiger partial charge on any atom is 0.450 e. The summed E-state index contributed by atoms with van der Waals surface area (Å²) in [5.74, 6) is -3.30. The highest BCUT2D eigenvalue weighted by Crippen LogP contribution is 2.35. The molecule has 0 aromatic carbocycles. The summed E-state index contributed by atoms with van der Waals surface area (Å²) in [5.41, 5.74) is 0. The van der Waals surface area contributed by atoms with E-state index in [4.69, 9.17) is 11.6 Å². The second kappa shape index (κ2) is 6.19. The summed E-state index contributed by atoms with van der Waals surface area (Å²) >= 11 is 5.84. The maximum absolute atomic E-state index is 12.5. The van der Waals surface area contributed by atoms with Gasteiger partial charge in [-0.2, -0.15) is 13.2 Å². The van der Waals surface area contributed by atoms with Gasteiger partial charge in [-0.05, 0) is 31.4 Å². The van der Waals surface area contributed by atoms with Gasteiger partial charge in [0.1, 0.15) is 11.0 Å². The molecule has 0 bridgehead atoms. The number of rotatable bonds is 2. The minimum atomic E-state index is -4.85. The summed E-state index contributed by atoms with van der Waals surface area (Å²) in [6, 6.07) is 0. The van der Waals surface area contributed by atoms with Crippen LogP contribution in [0.25, 0.3) is 0 Å². The van der Waals surface area contributed by atoms with Crippen LogP contribution in [-0.2, 0) is 4.79 Å². The Labute approximate surface area is 124 Å². The van der Waals surface area contributed by atoms with Crippen LogP contribution in [0, 0.1) is 11.8 Å². The average Bonchev–Trinajstić information content (AvgIpc) is 2.62. The number of halogens is 4. The molecule has 0 amide bonds. The highest BCUT2D eigenvalue weighted by atomic mass is 35.5. The third kappa shape index (κ3) is 3.85. The fraction of sp³-hybridized carbons (Fsp3) is 0.538. The molecule has 1 heterocycles. The largest absolute Gasteiger partial charge is 0.450 e. The zero-order valence-corrected chi connectivity index (χ0v) is 11.7. The first kappa shape index (κ1) is 16.0. The molecule has 0 spiro atoms. The summed E-state index contributed by atoms with van der Waals surface area (Å²) in [6.07, 6.45) is -1.16. The topological polar surface area (TPSA) is 61.7 Å². The molecule has 4 nitrogen and oxygen atoms in total. The van der Waals surface area contributed by atoms with Gasteiger partial charge in [0.25, 0.3) is 0 Å². The van der Waals surface area contributed by atoms with E-state index in [9.17, 15) is 23.1 Å². The van der Waals surface area contributed by atoms with Crippen LogP contribution in [0.2, 0.25) is 0 Å². The second-order valence-corrected chi connectivity index (χ2v) is 5.45. The minimum Gasteiger partial charge on any atom is -0.392 e. The van der Waals surface area contributed by atoms with Crippen molar-refractivity contribution >= 4 is 23.2 Å². The first-order chi connectivity index (χ1) is 9.79. The van der Waals surface area contributed by atoms with Gasteiger partial charge in [-0.15, -0.1) is 0 Å². The highest BCUT2D eigenvalue weighted by molar-refractivity contribution is 6.30. The number of alkyl halides is 3. The van der Waals surface area contributed by atoms with Crippen LogP contribution in [0.3, 0.4) is 0 Å². The molecule has 0 aromatic heterocycles. The van der Waals surface area contributed by atoms with Gasteiger partial charge in [0.05, 0.1) is 6.10 Å². The molecule has 1 aliphatic heterocycles. The van der Waals surface area contributed by atoms with Gasteiger partial charge >= 0.3 is 6.18 Å². The molecule has 2 N–H and O–H groups in total. The number of carbonyl (C=O) groups is 1. The third-order valence-electron chi connectivity index (χ3n) is 3.60. The summed E-state index contributed by atoms with van der Waals surface area (Å²) in [7, 11) is 0. The Kier molecular flexibility index (Phi) is 4.73. The number of nitrogens with zero attached hydrogens (tertiary/aromatic N) is 1. The van der Waals surface area contributed by atoms with E-state index in [0.29, 0.717) is 0 Å². The molecule has 0 saturated heterocycles. The number of aliphatic hydroxyl groups is 1. The second-order valence-electron chi connectivity index (χ2n) is 5.04. The van der Waals surface area contributed by atoms with E-state index < -0.39 is 29.9 Å². The molecule has 8 heteroatoms. The van der Waals surface area contributed by atoms with Crippen LogP contribution in [0.5, 0.6) is 0 Å².